The Labute approximate surface area is 145 Å². The van der Waals surface area contributed by atoms with Gasteiger partial charge in [0.1, 0.15) is 0 Å². The second kappa shape index (κ2) is 8.82. The van der Waals surface area contributed by atoms with E-state index in [-0.39, 0.29) is 11.3 Å². The van der Waals surface area contributed by atoms with Crippen molar-refractivity contribution in [1.82, 2.24) is 5.32 Å². The molecule has 2 rings (SSSR count). The third-order valence-corrected chi connectivity index (χ3v) is 3.60. The summed E-state index contributed by atoms with van der Waals surface area (Å²) in [6, 6.07) is 13.4. The molecule has 0 unspecified atom stereocenters. The highest BCUT2D eigenvalue weighted by Crippen LogP contribution is 2.18. The molecule has 6 heteroatoms. The summed E-state index contributed by atoms with van der Waals surface area (Å²) in [5.74, 6) is -1.81. The Morgan fingerprint density at radius 1 is 1.16 bits per heavy atom. The van der Waals surface area contributed by atoms with Crippen molar-refractivity contribution in [3.05, 3.63) is 65.5 Å². The van der Waals surface area contributed by atoms with Crippen LogP contribution in [0.2, 0.25) is 0 Å². The van der Waals surface area contributed by atoms with Crippen LogP contribution in [0.3, 0.4) is 0 Å². The van der Waals surface area contributed by atoms with Crippen LogP contribution < -0.4 is 10.1 Å². The quantitative estimate of drug-likeness (QED) is 0.784. The van der Waals surface area contributed by atoms with E-state index in [1.54, 1.807) is 0 Å². The van der Waals surface area contributed by atoms with E-state index in [1.807, 2.05) is 30.3 Å². The average molecular weight is 345 g/mol. The van der Waals surface area contributed by atoms with Crippen LogP contribution >= 0.6 is 0 Å². The first-order valence-corrected chi connectivity index (χ1v) is 7.87. The van der Waals surface area contributed by atoms with E-state index in [2.05, 4.69) is 5.32 Å². The lowest BCUT2D eigenvalue weighted by Crippen LogP contribution is -2.36. The SMILES string of the molecule is COc1ccc(C(=O)O[C@@H](C)C(=O)NCCc2ccccc2)cc1F. The summed E-state index contributed by atoms with van der Waals surface area (Å²) in [6.07, 6.45) is -0.301. The first kappa shape index (κ1) is 18.4. The molecule has 0 spiro atoms. The van der Waals surface area contributed by atoms with Crippen LogP contribution in [0.25, 0.3) is 0 Å². The van der Waals surface area contributed by atoms with Gasteiger partial charge < -0.3 is 14.8 Å². The molecule has 2 aromatic carbocycles. The van der Waals surface area contributed by atoms with Crippen molar-refractivity contribution in [2.24, 2.45) is 0 Å². The van der Waals surface area contributed by atoms with Crippen molar-refractivity contribution in [3.8, 4) is 5.75 Å². The topological polar surface area (TPSA) is 64.6 Å². The highest BCUT2D eigenvalue weighted by Gasteiger charge is 2.19. The van der Waals surface area contributed by atoms with Crippen molar-refractivity contribution >= 4 is 11.9 Å². The fraction of sp³-hybridized carbons (Fsp3) is 0.263. The molecule has 1 N–H and O–H groups in total. The lowest BCUT2D eigenvalue weighted by Gasteiger charge is -2.14. The molecule has 0 aliphatic carbocycles. The fourth-order valence-electron chi connectivity index (χ4n) is 2.19. The summed E-state index contributed by atoms with van der Waals surface area (Å²) in [5, 5.41) is 2.71. The lowest BCUT2D eigenvalue weighted by molar-refractivity contribution is -0.129. The van der Waals surface area contributed by atoms with E-state index in [0.29, 0.717) is 13.0 Å². The molecule has 2 aromatic rings. The van der Waals surface area contributed by atoms with Gasteiger partial charge in [0.05, 0.1) is 12.7 Å². The van der Waals surface area contributed by atoms with Crippen molar-refractivity contribution in [2.45, 2.75) is 19.4 Å². The van der Waals surface area contributed by atoms with E-state index in [0.717, 1.165) is 11.6 Å². The van der Waals surface area contributed by atoms with Gasteiger partial charge in [0.2, 0.25) is 0 Å². The molecule has 0 saturated carbocycles. The maximum absolute atomic E-state index is 13.6. The minimum Gasteiger partial charge on any atom is -0.494 e. The Morgan fingerprint density at radius 2 is 1.88 bits per heavy atom. The maximum atomic E-state index is 13.6. The molecule has 0 radical (unpaired) electrons. The Hall–Kier alpha value is -2.89. The number of carbonyl (C=O) groups is 2. The van der Waals surface area contributed by atoms with E-state index in [9.17, 15) is 14.0 Å². The number of ether oxygens (including phenoxy) is 2. The molecule has 0 heterocycles. The average Bonchev–Trinajstić information content (AvgIpc) is 2.62. The predicted molar refractivity (Wildman–Crippen MR) is 91.0 cm³/mol. The molecule has 0 fully saturated rings. The van der Waals surface area contributed by atoms with Gasteiger partial charge in [0, 0.05) is 6.54 Å². The van der Waals surface area contributed by atoms with Crippen molar-refractivity contribution < 1.29 is 23.5 Å². The van der Waals surface area contributed by atoms with Crippen molar-refractivity contribution in [2.75, 3.05) is 13.7 Å². The summed E-state index contributed by atoms with van der Waals surface area (Å²) in [7, 11) is 1.33. The second-order valence-corrected chi connectivity index (χ2v) is 5.42. The molecule has 0 aliphatic rings. The molecular weight excluding hydrogens is 325 g/mol. The molecule has 0 bridgehead atoms. The van der Waals surface area contributed by atoms with Crippen LogP contribution in [-0.4, -0.2) is 31.6 Å². The molecule has 0 aliphatic heterocycles. The van der Waals surface area contributed by atoms with Gasteiger partial charge in [-0.05, 0) is 37.1 Å². The Kier molecular flexibility index (Phi) is 6.51. The number of esters is 1. The molecule has 0 aromatic heterocycles. The maximum Gasteiger partial charge on any atom is 0.339 e. The van der Waals surface area contributed by atoms with E-state index in [4.69, 9.17) is 9.47 Å². The summed E-state index contributed by atoms with van der Waals surface area (Å²) in [5.41, 5.74) is 1.11. The van der Waals surface area contributed by atoms with Crippen molar-refractivity contribution in [3.63, 3.8) is 0 Å². The Balaban J connectivity index is 1.83. The van der Waals surface area contributed by atoms with Gasteiger partial charge >= 0.3 is 5.97 Å². The third kappa shape index (κ3) is 5.31. The van der Waals surface area contributed by atoms with Crippen LogP contribution in [0.1, 0.15) is 22.8 Å². The number of halogens is 1. The Morgan fingerprint density at radius 3 is 2.52 bits per heavy atom. The standard InChI is InChI=1S/C19H20FNO4/c1-13(18(22)21-11-10-14-6-4-3-5-7-14)25-19(23)15-8-9-17(24-2)16(20)12-15/h3-9,12-13H,10-11H2,1-2H3,(H,21,22)/t13-/m0/s1. The van der Waals surface area contributed by atoms with E-state index in [1.165, 1.54) is 26.2 Å². The normalized spacial score (nSPS) is 11.5. The van der Waals surface area contributed by atoms with Crippen LogP contribution in [0.5, 0.6) is 5.75 Å². The van der Waals surface area contributed by atoms with Crippen LogP contribution in [0, 0.1) is 5.82 Å². The number of nitrogens with one attached hydrogen (secondary N) is 1. The van der Waals surface area contributed by atoms with Crippen LogP contribution in [-0.2, 0) is 16.0 Å². The summed E-state index contributed by atoms with van der Waals surface area (Å²) in [6.45, 7) is 1.90. The summed E-state index contributed by atoms with van der Waals surface area (Å²) >= 11 is 0. The number of benzene rings is 2. The van der Waals surface area contributed by atoms with E-state index >= 15 is 0 Å². The number of hydrogen-bond acceptors (Lipinski definition) is 4. The third-order valence-electron chi connectivity index (χ3n) is 3.60. The van der Waals surface area contributed by atoms with Gasteiger partial charge in [-0.2, -0.15) is 0 Å². The van der Waals surface area contributed by atoms with Gasteiger partial charge in [0.25, 0.3) is 5.91 Å². The molecular formula is C19H20FNO4. The molecule has 0 saturated heterocycles. The fourth-order valence-corrected chi connectivity index (χ4v) is 2.19. The molecule has 1 amide bonds. The Bertz CT molecular complexity index is 733. The molecule has 5 nitrogen and oxygen atoms in total. The van der Waals surface area contributed by atoms with Crippen molar-refractivity contribution in [1.29, 1.82) is 0 Å². The smallest absolute Gasteiger partial charge is 0.339 e. The highest BCUT2D eigenvalue weighted by molar-refractivity contribution is 5.92. The summed E-state index contributed by atoms with van der Waals surface area (Å²) in [4.78, 5) is 24.0. The molecule has 25 heavy (non-hydrogen) atoms. The highest BCUT2D eigenvalue weighted by atomic mass is 19.1. The minimum atomic E-state index is -0.978. The number of hydrogen-bond donors (Lipinski definition) is 1. The second-order valence-electron chi connectivity index (χ2n) is 5.42. The first-order valence-electron chi connectivity index (χ1n) is 7.87. The number of amides is 1. The first-order chi connectivity index (χ1) is 12.0. The largest absolute Gasteiger partial charge is 0.494 e. The van der Waals surface area contributed by atoms with Gasteiger partial charge in [-0.15, -0.1) is 0 Å². The molecule has 132 valence electrons. The number of carbonyl (C=O) groups excluding carboxylic acids is 2. The zero-order chi connectivity index (χ0) is 18.2. The van der Waals surface area contributed by atoms with Crippen LogP contribution in [0.15, 0.2) is 48.5 Å². The minimum absolute atomic E-state index is 0.0160. The monoisotopic (exact) mass is 345 g/mol. The summed E-state index contributed by atoms with van der Waals surface area (Å²) < 4.78 is 23.5. The van der Waals surface area contributed by atoms with Gasteiger partial charge in [-0.25, -0.2) is 9.18 Å². The van der Waals surface area contributed by atoms with Crippen LogP contribution in [0.4, 0.5) is 4.39 Å². The lowest BCUT2D eigenvalue weighted by atomic mass is 10.1. The zero-order valence-corrected chi connectivity index (χ0v) is 14.1. The number of rotatable bonds is 7. The zero-order valence-electron chi connectivity index (χ0n) is 14.1. The van der Waals surface area contributed by atoms with Gasteiger partial charge in [-0.3, -0.25) is 4.79 Å². The predicted octanol–water partition coefficient (Wildman–Crippen LogP) is 2.74. The van der Waals surface area contributed by atoms with Gasteiger partial charge in [-0.1, -0.05) is 30.3 Å². The molecule has 1 atom stereocenters. The number of methoxy groups -OCH3 is 1. The van der Waals surface area contributed by atoms with Gasteiger partial charge in [0.15, 0.2) is 17.7 Å². The van der Waals surface area contributed by atoms with E-state index < -0.39 is 23.8 Å².